The number of benzene rings is 2. The molecule has 0 aliphatic carbocycles. The molecule has 0 heterocycles. The van der Waals surface area contributed by atoms with Crippen molar-refractivity contribution in [1.82, 2.24) is 0 Å². The number of ether oxygens (including phenoxy) is 2. The lowest BCUT2D eigenvalue weighted by Gasteiger charge is -2.06. The third-order valence-electron chi connectivity index (χ3n) is 3.64. The van der Waals surface area contributed by atoms with E-state index >= 15 is 0 Å². The van der Waals surface area contributed by atoms with Gasteiger partial charge in [0.05, 0.1) is 6.61 Å². The highest BCUT2D eigenvalue weighted by molar-refractivity contribution is 5.85. The van der Waals surface area contributed by atoms with Gasteiger partial charge in [-0.25, -0.2) is 4.79 Å². The number of esters is 2. The minimum absolute atomic E-state index is 0.246. The van der Waals surface area contributed by atoms with E-state index in [0.717, 1.165) is 29.7 Å². The summed E-state index contributed by atoms with van der Waals surface area (Å²) in [7, 11) is 0. The molecule has 2 aromatic carbocycles. The Hall–Kier alpha value is -2.62. The molecule has 0 aliphatic heterocycles. The predicted octanol–water partition coefficient (Wildman–Crippen LogP) is 4.34. The van der Waals surface area contributed by atoms with Gasteiger partial charge in [-0.3, -0.25) is 4.79 Å². The maximum atomic E-state index is 11.9. The first-order chi connectivity index (χ1) is 11.6. The summed E-state index contributed by atoms with van der Waals surface area (Å²) in [6, 6.07) is 11.8. The second kappa shape index (κ2) is 8.87. The molecule has 2 rings (SSSR count). The molecule has 0 spiro atoms. The summed E-state index contributed by atoms with van der Waals surface area (Å²) in [6.45, 7) is 5.72. The zero-order valence-electron chi connectivity index (χ0n) is 13.9. The molecule has 24 heavy (non-hydrogen) atoms. The van der Waals surface area contributed by atoms with Gasteiger partial charge in [0, 0.05) is 12.5 Å². The van der Waals surface area contributed by atoms with Gasteiger partial charge in [-0.15, -0.1) is 0 Å². The fourth-order valence-electron chi connectivity index (χ4n) is 2.37. The van der Waals surface area contributed by atoms with Gasteiger partial charge < -0.3 is 9.47 Å². The first kappa shape index (κ1) is 17.7. The van der Waals surface area contributed by atoms with Crippen LogP contribution in [0.5, 0.6) is 5.75 Å². The second-order valence-corrected chi connectivity index (χ2v) is 5.67. The van der Waals surface area contributed by atoms with Gasteiger partial charge in [0.1, 0.15) is 5.75 Å². The number of hydrogen-bond donors (Lipinski definition) is 0. The molecule has 0 atom stereocenters. The Labute approximate surface area is 142 Å². The lowest BCUT2D eigenvalue weighted by atomic mass is 10.1. The summed E-state index contributed by atoms with van der Waals surface area (Å²) < 4.78 is 10.2. The zero-order valence-corrected chi connectivity index (χ0v) is 13.9. The predicted molar refractivity (Wildman–Crippen MR) is 93.9 cm³/mol. The molecule has 2 aromatic rings. The lowest BCUT2D eigenvalue weighted by molar-refractivity contribution is -0.138. The van der Waals surface area contributed by atoms with Crippen molar-refractivity contribution < 1.29 is 19.1 Å². The first-order valence-electron chi connectivity index (χ1n) is 8.09. The number of fused-ring (bicyclic) bond motifs is 1. The lowest BCUT2D eigenvalue weighted by Crippen LogP contribution is -2.08. The summed E-state index contributed by atoms with van der Waals surface area (Å²) in [4.78, 5) is 22.7. The van der Waals surface area contributed by atoms with E-state index in [0.29, 0.717) is 25.2 Å². The highest BCUT2D eigenvalue weighted by atomic mass is 16.5. The Kier molecular flexibility index (Phi) is 6.55. The molecule has 0 saturated carbocycles. The maximum absolute atomic E-state index is 11.9. The van der Waals surface area contributed by atoms with Crippen molar-refractivity contribution >= 4 is 22.7 Å². The Morgan fingerprint density at radius 2 is 1.79 bits per heavy atom. The highest BCUT2D eigenvalue weighted by Gasteiger charge is 2.06. The second-order valence-electron chi connectivity index (χ2n) is 5.67. The van der Waals surface area contributed by atoms with E-state index < -0.39 is 5.97 Å². The fraction of sp³-hybridized carbons (Fsp3) is 0.300. The number of carbonyl (C=O) groups is 2. The van der Waals surface area contributed by atoms with Gasteiger partial charge in [-0.2, -0.15) is 0 Å². The Morgan fingerprint density at radius 1 is 1.04 bits per heavy atom. The molecule has 0 fully saturated rings. The molecule has 0 amide bonds. The third kappa shape index (κ3) is 5.54. The SMILES string of the molecule is C=CC(=O)OCCCCCC(=O)Oc1ccc2cc(C)ccc2c1. The van der Waals surface area contributed by atoms with Crippen molar-refractivity contribution in [3.05, 3.63) is 54.6 Å². The minimum Gasteiger partial charge on any atom is -0.463 e. The number of carbonyl (C=O) groups excluding carboxylic acids is 2. The molecule has 0 saturated heterocycles. The number of rotatable bonds is 8. The monoisotopic (exact) mass is 326 g/mol. The summed E-state index contributed by atoms with van der Waals surface area (Å²) in [5.41, 5.74) is 1.20. The molecule has 0 bridgehead atoms. The van der Waals surface area contributed by atoms with Gasteiger partial charge in [-0.1, -0.05) is 36.4 Å². The van der Waals surface area contributed by atoms with E-state index in [1.54, 1.807) is 0 Å². The van der Waals surface area contributed by atoms with E-state index in [2.05, 4.69) is 12.6 Å². The van der Waals surface area contributed by atoms with Crippen molar-refractivity contribution in [1.29, 1.82) is 0 Å². The molecular formula is C20H22O4. The molecule has 4 heteroatoms. The molecule has 4 nitrogen and oxygen atoms in total. The Morgan fingerprint density at radius 3 is 2.58 bits per heavy atom. The minimum atomic E-state index is -0.416. The fourth-order valence-corrected chi connectivity index (χ4v) is 2.37. The van der Waals surface area contributed by atoms with Crippen molar-refractivity contribution in [2.24, 2.45) is 0 Å². The van der Waals surface area contributed by atoms with E-state index in [1.165, 1.54) is 5.56 Å². The third-order valence-corrected chi connectivity index (χ3v) is 3.64. The summed E-state index contributed by atoms with van der Waals surface area (Å²) in [5.74, 6) is -0.0956. The zero-order chi connectivity index (χ0) is 17.4. The molecule has 0 unspecified atom stereocenters. The summed E-state index contributed by atoms with van der Waals surface area (Å²) in [6.07, 6.45) is 3.72. The van der Waals surface area contributed by atoms with E-state index in [1.807, 2.05) is 37.3 Å². The van der Waals surface area contributed by atoms with Gasteiger partial charge in [0.2, 0.25) is 0 Å². The first-order valence-corrected chi connectivity index (χ1v) is 8.09. The number of aryl methyl sites for hydroxylation is 1. The normalized spacial score (nSPS) is 10.4. The Balaban J connectivity index is 1.73. The molecule has 0 N–H and O–H groups in total. The summed E-state index contributed by atoms with van der Waals surface area (Å²) >= 11 is 0. The van der Waals surface area contributed by atoms with Crippen LogP contribution in [0, 0.1) is 6.92 Å². The van der Waals surface area contributed by atoms with Crippen LogP contribution in [0.1, 0.15) is 31.2 Å². The molecule has 0 radical (unpaired) electrons. The average molecular weight is 326 g/mol. The molecule has 126 valence electrons. The van der Waals surface area contributed by atoms with Crippen LogP contribution in [-0.4, -0.2) is 18.5 Å². The van der Waals surface area contributed by atoms with Crippen LogP contribution < -0.4 is 4.74 Å². The standard InChI is InChI=1S/C20H22O4/c1-3-19(21)23-12-6-4-5-7-20(22)24-18-11-10-16-13-15(2)8-9-17(16)14-18/h3,8-11,13-14H,1,4-7,12H2,2H3. The van der Waals surface area contributed by atoms with Crippen LogP contribution in [0.4, 0.5) is 0 Å². The largest absolute Gasteiger partial charge is 0.463 e. The van der Waals surface area contributed by atoms with Crippen LogP contribution in [0.25, 0.3) is 10.8 Å². The van der Waals surface area contributed by atoms with Crippen LogP contribution in [0.2, 0.25) is 0 Å². The topological polar surface area (TPSA) is 52.6 Å². The van der Waals surface area contributed by atoms with Crippen molar-refractivity contribution in [3.8, 4) is 5.75 Å². The van der Waals surface area contributed by atoms with Gasteiger partial charge >= 0.3 is 11.9 Å². The van der Waals surface area contributed by atoms with Gasteiger partial charge in [0.25, 0.3) is 0 Å². The van der Waals surface area contributed by atoms with Gasteiger partial charge in [0.15, 0.2) is 0 Å². The number of unbranched alkanes of at least 4 members (excludes halogenated alkanes) is 2. The smallest absolute Gasteiger partial charge is 0.330 e. The van der Waals surface area contributed by atoms with Crippen molar-refractivity contribution in [2.75, 3.05) is 6.61 Å². The van der Waals surface area contributed by atoms with Crippen molar-refractivity contribution in [2.45, 2.75) is 32.6 Å². The van der Waals surface area contributed by atoms with E-state index in [-0.39, 0.29) is 5.97 Å². The van der Waals surface area contributed by atoms with E-state index in [4.69, 9.17) is 9.47 Å². The van der Waals surface area contributed by atoms with E-state index in [9.17, 15) is 9.59 Å². The average Bonchev–Trinajstić information content (AvgIpc) is 2.57. The summed E-state index contributed by atoms with van der Waals surface area (Å²) in [5, 5.41) is 2.18. The number of hydrogen-bond acceptors (Lipinski definition) is 4. The Bertz CT molecular complexity index is 733. The maximum Gasteiger partial charge on any atom is 0.330 e. The quantitative estimate of drug-likeness (QED) is 0.313. The molecule has 0 aliphatic rings. The van der Waals surface area contributed by atoms with Crippen LogP contribution in [-0.2, 0) is 14.3 Å². The van der Waals surface area contributed by atoms with Gasteiger partial charge in [-0.05, 0) is 49.1 Å². The van der Waals surface area contributed by atoms with Crippen molar-refractivity contribution in [3.63, 3.8) is 0 Å². The van der Waals surface area contributed by atoms with Crippen LogP contribution >= 0.6 is 0 Å². The molecular weight excluding hydrogens is 304 g/mol. The highest BCUT2D eigenvalue weighted by Crippen LogP contribution is 2.22. The van der Waals surface area contributed by atoms with Crippen LogP contribution in [0.3, 0.4) is 0 Å². The van der Waals surface area contributed by atoms with Crippen LogP contribution in [0.15, 0.2) is 49.1 Å². The molecule has 0 aromatic heterocycles.